The molecule has 2 bridgehead atoms. The second-order valence-electron chi connectivity index (χ2n) is 3.42. The van der Waals surface area contributed by atoms with E-state index in [-0.39, 0.29) is 18.4 Å². The van der Waals surface area contributed by atoms with Gasteiger partial charge in [0.2, 0.25) is 0 Å². The summed E-state index contributed by atoms with van der Waals surface area (Å²) in [5.41, 5.74) is 4.73. The number of hydrogen-bond donors (Lipinski definition) is 3. The summed E-state index contributed by atoms with van der Waals surface area (Å²) >= 11 is 0. The van der Waals surface area contributed by atoms with Crippen molar-refractivity contribution >= 4 is 18.4 Å². The van der Waals surface area contributed by atoms with Crippen LogP contribution < -0.4 is 11.1 Å². The summed E-state index contributed by atoms with van der Waals surface area (Å²) < 4.78 is 0. The topological polar surface area (TPSA) is 70.6 Å². The molecule has 2 atom stereocenters. The molecule has 0 amide bonds. The fraction of sp³-hybridized carbons (Fsp3) is 0.857. The molecule has 70 valence electrons. The SMILES string of the molecule is Cl.NC1=NC2CCCC(O)(C2)N1. The number of fused-ring (bicyclic) bond motifs is 2. The number of nitrogens with two attached hydrogens (primary N) is 1. The zero-order valence-electron chi connectivity index (χ0n) is 6.79. The molecule has 0 saturated heterocycles. The third kappa shape index (κ3) is 1.64. The van der Waals surface area contributed by atoms with Crippen molar-refractivity contribution in [2.75, 3.05) is 0 Å². The zero-order valence-corrected chi connectivity index (χ0v) is 7.60. The van der Waals surface area contributed by atoms with Gasteiger partial charge in [0.25, 0.3) is 0 Å². The first-order valence-electron chi connectivity index (χ1n) is 4.02. The lowest BCUT2D eigenvalue weighted by Gasteiger charge is -2.39. The first kappa shape index (κ1) is 9.61. The van der Waals surface area contributed by atoms with Gasteiger partial charge in [0.15, 0.2) is 5.96 Å². The monoisotopic (exact) mass is 191 g/mol. The third-order valence-corrected chi connectivity index (χ3v) is 2.38. The summed E-state index contributed by atoms with van der Waals surface area (Å²) in [5, 5.41) is 12.6. The van der Waals surface area contributed by atoms with Crippen LogP contribution in [0.3, 0.4) is 0 Å². The molecule has 0 aromatic carbocycles. The molecule has 0 spiro atoms. The predicted octanol–water partition coefficient (Wildman–Crippen LogP) is -0.0427. The van der Waals surface area contributed by atoms with E-state index in [0.717, 1.165) is 19.3 Å². The van der Waals surface area contributed by atoms with Crippen molar-refractivity contribution < 1.29 is 5.11 Å². The maximum atomic E-state index is 9.80. The normalized spacial score (nSPS) is 39.1. The number of nitrogens with one attached hydrogen (secondary N) is 1. The molecular weight excluding hydrogens is 178 g/mol. The molecule has 1 saturated carbocycles. The van der Waals surface area contributed by atoms with Gasteiger partial charge >= 0.3 is 0 Å². The number of rotatable bonds is 0. The van der Waals surface area contributed by atoms with Gasteiger partial charge in [-0.3, -0.25) is 0 Å². The van der Waals surface area contributed by atoms with Gasteiger partial charge in [-0.2, -0.15) is 0 Å². The molecule has 0 aromatic rings. The number of nitrogens with zero attached hydrogens (tertiary/aromatic N) is 1. The zero-order chi connectivity index (χ0) is 7.90. The van der Waals surface area contributed by atoms with E-state index in [1.807, 2.05) is 0 Å². The molecule has 1 heterocycles. The highest BCUT2D eigenvalue weighted by Gasteiger charge is 2.37. The van der Waals surface area contributed by atoms with Crippen LogP contribution in [0, 0.1) is 0 Å². The first-order chi connectivity index (χ1) is 5.18. The molecular formula is C7H14ClN3O. The van der Waals surface area contributed by atoms with Crippen LogP contribution in [0.25, 0.3) is 0 Å². The van der Waals surface area contributed by atoms with Crippen LogP contribution in [0.2, 0.25) is 0 Å². The molecule has 2 aliphatic rings. The Hall–Kier alpha value is -0.480. The summed E-state index contributed by atoms with van der Waals surface area (Å²) in [6, 6.07) is 0.245. The van der Waals surface area contributed by atoms with Crippen molar-refractivity contribution in [3.05, 3.63) is 0 Å². The van der Waals surface area contributed by atoms with Crippen LogP contribution >= 0.6 is 12.4 Å². The van der Waals surface area contributed by atoms with Gasteiger partial charge in [-0.1, -0.05) is 0 Å². The van der Waals surface area contributed by atoms with Crippen LogP contribution in [-0.4, -0.2) is 22.8 Å². The van der Waals surface area contributed by atoms with Gasteiger partial charge in [-0.05, 0) is 19.3 Å². The summed E-state index contributed by atoms with van der Waals surface area (Å²) in [5.74, 6) is 0.392. The third-order valence-electron chi connectivity index (χ3n) is 2.38. The van der Waals surface area contributed by atoms with Crippen molar-refractivity contribution in [2.24, 2.45) is 10.7 Å². The lowest BCUT2D eigenvalue weighted by molar-refractivity contribution is -0.0227. The quantitative estimate of drug-likeness (QED) is 0.503. The van der Waals surface area contributed by atoms with Gasteiger partial charge in [0.05, 0.1) is 6.04 Å². The van der Waals surface area contributed by atoms with Crippen LogP contribution in [-0.2, 0) is 0 Å². The predicted molar refractivity (Wildman–Crippen MR) is 49.2 cm³/mol. The second-order valence-corrected chi connectivity index (χ2v) is 3.42. The van der Waals surface area contributed by atoms with E-state index in [0.29, 0.717) is 12.4 Å². The standard InChI is InChI=1S/C7H13N3O.ClH/c8-6-9-5-2-1-3-7(11,4-5)10-6;/h5,11H,1-4H2,(H3,8,9,10);1H. The highest BCUT2D eigenvalue weighted by Crippen LogP contribution is 2.30. The maximum Gasteiger partial charge on any atom is 0.191 e. The van der Waals surface area contributed by atoms with Crippen molar-refractivity contribution in [1.29, 1.82) is 0 Å². The molecule has 1 fully saturated rings. The molecule has 1 aliphatic carbocycles. The van der Waals surface area contributed by atoms with E-state index in [4.69, 9.17) is 5.73 Å². The number of aliphatic hydroxyl groups is 1. The van der Waals surface area contributed by atoms with Crippen LogP contribution in [0.15, 0.2) is 4.99 Å². The smallest absolute Gasteiger partial charge is 0.191 e. The van der Waals surface area contributed by atoms with E-state index in [1.54, 1.807) is 0 Å². The average Bonchev–Trinajstić information content (AvgIpc) is 1.82. The Labute approximate surface area is 77.6 Å². The minimum absolute atomic E-state index is 0. The van der Waals surface area contributed by atoms with Crippen molar-refractivity contribution in [3.63, 3.8) is 0 Å². The largest absolute Gasteiger partial charge is 0.371 e. The Morgan fingerprint density at radius 2 is 2.42 bits per heavy atom. The Morgan fingerprint density at radius 3 is 3.08 bits per heavy atom. The minimum atomic E-state index is -0.755. The Bertz CT molecular complexity index is 209. The van der Waals surface area contributed by atoms with Crippen molar-refractivity contribution in [2.45, 2.75) is 37.5 Å². The van der Waals surface area contributed by atoms with Crippen molar-refractivity contribution in [1.82, 2.24) is 5.32 Å². The van der Waals surface area contributed by atoms with Crippen LogP contribution in [0.4, 0.5) is 0 Å². The molecule has 0 radical (unpaired) electrons. The van der Waals surface area contributed by atoms with Gasteiger partial charge in [0, 0.05) is 6.42 Å². The molecule has 2 unspecified atom stereocenters. The first-order valence-corrected chi connectivity index (χ1v) is 4.02. The maximum absolute atomic E-state index is 9.80. The van der Waals surface area contributed by atoms with E-state index < -0.39 is 5.72 Å². The fourth-order valence-corrected chi connectivity index (χ4v) is 1.92. The molecule has 0 aromatic heterocycles. The Balaban J connectivity index is 0.000000720. The van der Waals surface area contributed by atoms with E-state index in [9.17, 15) is 5.11 Å². The molecule has 5 heteroatoms. The van der Waals surface area contributed by atoms with Gasteiger partial charge < -0.3 is 16.2 Å². The summed E-state index contributed by atoms with van der Waals surface area (Å²) in [6.45, 7) is 0. The van der Waals surface area contributed by atoms with Gasteiger partial charge in [-0.25, -0.2) is 4.99 Å². The Kier molecular flexibility index (Phi) is 2.49. The van der Waals surface area contributed by atoms with Gasteiger partial charge in [-0.15, -0.1) is 12.4 Å². The fourth-order valence-electron chi connectivity index (χ4n) is 1.92. The number of hydrogen-bond acceptors (Lipinski definition) is 4. The highest BCUT2D eigenvalue weighted by atomic mass is 35.5. The number of aliphatic imine (C=N–C) groups is 1. The summed E-state index contributed by atoms with van der Waals surface area (Å²) in [7, 11) is 0. The Morgan fingerprint density at radius 1 is 1.67 bits per heavy atom. The second kappa shape index (κ2) is 3.11. The molecule has 4 N–H and O–H groups in total. The molecule has 12 heavy (non-hydrogen) atoms. The average molecular weight is 192 g/mol. The van der Waals surface area contributed by atoms with E-state index in [2.05, 4.69) is 10.3 Å². The van der Waals surface area contributed by atoms with Crippen molar-refractivity contribution in [3.8, 4) is 0 Å². The lowest BCUT2D eigenvalue weighted by atomic mass is 9.87. The summed E-state index contributed by atoms with van der Waals surface area (Å²) in [6.07, 6.45) is 3.60. The van der Waals surface area contributed by atoms with Crippen LogP contribution in [0.1, 0.15) is 25.7 Å². The highest BCUT2D eigenvalue weighted by molar-refractivity contribution is 5.85. The minimum Gasteiger partial charge on any atom is -0.371 e. The van der Waals surface area contributed by atoms with Crippen LogP contribution in [0.5, 0.6) is 0 Å². The molecule has 2 rings (SSSR count). The number of guanidine groups is 1. The lowest BCUT2D eigenvalue weighted by Crippen LogP contribution is -2.58. The number of halogens is 1. The van der Waals surface area contributed by atoms with Gasteiger partial charge in [0.1, 0.15) is 5.72 Å². The molecule has 4 nitrogen and oxygen atoms in total. The van der Waals surface area contributed by atoms with E-state index >= 15 is 0 Å². The molecule has 1 aliphatic heterocycles. The summed E-state index contributed by atoms with van der Waals surface area (Å²) in [4.78, 5) is 4.17. The van der Waals surface area contributed by atoms with E-state index in [1.165, 1.54) is 0 Å².